The molecule has 1 aliphatic rings. The van der Waals surface area contributed by atoms with E-state index in [0.717, 1.165) is 36.8 Å². The molecular weight excluding hydrogens is 401 g/mol. The van der Waals surface area contributed by atoms with E-state index < -0.39 is 0 Å². The zero-order chi connectivity index (χ0) is 20.5. The average Bonchev–Trinajstić information content (AvgIpc) is 2.99. The molecular formula is C22H20FN5OS. The summed E-state index contributed by atoms with van der Waals surface area (Å²) in [6, 6.07) is 13.2. The van der Waals surface area contributed by atoms with Gasteiger partial charge in [-0.1, -0.05) is 30.3 Å². The van der Waals surface area contributed by atoms with Crippen LogP contribution in [0, 0.1) is 5.82 Å². The van der Waals surface area contributed by atoms with Crippen LogP contribution in [0.1, 0.15) is 30.9 Å². The Kier molecular flexibility index (Phi) is 5.08. The summed E-state index contributed by atoms with van der Waals surface area (Å²) in [5.74, 6) is 1.73. The van der Waals surface area contributed by atoms with E-state index in [1.807, 2.05) is 18.2 Å². The van der Waals surface area contributed by atoms with Gasteiger partial charge in [0.2, 0.25) is 0 Å². The Balaban J connectivity index is 1.56. The number of rotatable bonds is 4. The zero-order valence-corrected chi connectivity index (χ0v) is 17.1. The molecule has 3 heterocycles. The van der Waals surface area contributed by atoms with Crippen molar-refractivity contribution in [2.75, 3.05) is 0 Å². The molecule has 30 heavy (non-hydrogen) atoms. The minimum Gasteiger partial charge on any atom is -0.306 e. The Morgan fingerprint density at radius 3 is 2.70 bits per heavy atom. The first-order valence-corrected chi connectivity index (χ1v) is 11.0. The Hall–Kier alpha value is -3.00. The van der Waals surface area contributed by atoms with E-state index in [9.17, 15) is 9.18 Å². The van der Waals surface area contributed by atoms with Gasteiger partial charge in [-0.05, 0) is 49.2 Å². The van der Waals surface area contributed by atoms with E-state index in [4.69, 9.17) is 4.98 Å². The monoisotopic (exact) mass is 421 g/mol. The first kappa shape index (κ1) is 19.0. The molecule has 6 nitrogen and oxygen atoms in total. The molecule has 1 aliphatic heterocycles. The SMILES string of the molecule is O=c1c2ccccc2nc(CSc2nnc3n2CCCCC3)n1-c1ccc(F)cc1. The lowest BCUT2D eigenvalue weighted by Crippen LogP contribution is -2.23. The van der Waals surface area contributed by atoms with Crippen molar-refractivity contribution in [1.29, 1.82) is 0 Å². The first-order chi connectivity index (χ1) is 14.7. The number of para-hydroxylation sites is 1. The van der Waals surface area contributed by atoms with Gasteiger partial charge in [-0.25, -0.2) is 9.37 Å². The summed E-state index contributed by atoms with van der Waals surface area (Å²) in [5.41, 5.74) is 1.08. The van der Waals surface area contributed by atoms with Gasteiger partial charge in [0.1, 0.15) is 17.5 Å². The van der Waals surface area contributed by atoms with Crippen molar-refractivity contribution >= 4 is 22.7 Å². The van der Waals surface area contributed by atoms with E-state index in [2.05, 4.69) is 14.8 Å². The normalized spacial score (nSPS) is 13.9. The van der Waals surface area contributed by atoms with Crippen molar-refractivity contribution in [3.05, 3.63) is 76.4 Å². The largest absolute Gasteiger partial charge is 0.306 e. The third kappa shape index (κ3) is 3.52. The molecule has 2 aromatic heterocycles. The van der Waals surface area contributed by atoms with E-state index in [1.165, 1.54) is 30.3 Å². The molecule has 0 N–H and O–H groups in total. The Morgan fingerprint density at radius 1 is 1.00 bits per heavy atom. The highest BCUT2D eigenvalue weighted by Gasteiger charge is 2.18. The number of hydrogen-bond donors (Lipinski definition) is 0. The van der Waals surface area contributed by atoms with Gasteiger partial charge in [0.25, 0.3) is 5.56 Å². The van der Waals surface area contributed by atoms with Crippen LogP contribution in [-0.4, -0.2) is 24.3 Å². The van der Waals surface area contributed by atoms with Crippen molar-refractivity contribution in [1.82, 2.24) is 24.3 Å². The van der Waals surface area contributed by atoms with Crippen LogP contribution in [0.15, 0.2) is 58.5 Å². The summed E-state index contributed by atoms with van der Waals surface area (Å²) in [7, 11) is 0. The fraction of sp³-hybridized carbons (Fsp3) is 0.273. The molecule has 5 rings (SSSR count). The maximum Gasteiger partial charge on any atom is 0.265 e. The van der Waals surface area contributed by atoms with E-state index in [1.54, 1.807) is 22.8 Å². The smallest absolute Gasteiger partial charge is 0.265 e. The second-order valence-corrected chi connectivity index (χ2v) is 8.25. The third-order valence-corrected chi connectivity index (χ3v) is 6.30. The van der Waals surface area contributed by atoms with Crippen molar-refractivity contribution < 1.29 is 4.39 Å². The summed E-state index contributed by atoms with van der Waals surface area (Å²) in [5, 5.41) is 10.1. The molecule has 0 aliphatic carbocycles. The van der Waals surface area contributed by atoms with Gasteiger partial charge < -0.3 is 4.57 Å². The van der Waals surface area contributed by atoms with E-state index in [0.29, 0.717) is 28.2 Å². The van der Waals surface area contributed by atoms with Crippen molar-refractivity contribution in [3.8, 4) is 5.69 Å². The molecule has 0 atom stereocenters. The zero-order valence-electron chi connectivity index (χ0n) is 16.3. The molecule has 0 spiro atoms. The maximum absolute atomic E-state index is 13.5. The van der Waals surface area contributed by atoms with Crippen molar-refractivity contribution in [2.45, 2.75) is 43.1 Å². The third-order valence-electron chi connectivity index (χ3n) is 5.34. The number of thioether (sulfide) groups is 1. The van der Waals surface area contributed by atoms with Gasteiger partial charge in [0.15, 0.2) is 5.16 Å². The highest BCUT2D eigenvalue weighted by Crippen LogP contribution is 2.25. The summed E-state index contributed by atoms with van der Waals surface area (Å²) >= 11 is 1.53. The van der Waals surface area contributed by atoms with Crippen LogP contribution in [0.4, 0.5) is 4.39 Å². The number of hydrogen-bond acceptors (Lipinski definition) is 5. The Labute approximate surface area is 176 Å². The fourth-order valence-electron chi connectivity index (χ4n) is 3.83. The predicted octanol–water partition coefficient (Wildman–Crippen LogP) is 4.14. The number of aryl methyl sites for hydroxylation is 1. The van der Waals surface area contributed by atoms with Gasteiger partial charge >= 0.3 is 0 Å². The van der Waals surface area contributed by atoms with E-state index >= 15 is 0 Å². The molecule has 0 radical (unpaired) electrons. The van der Waals surface area contributed by atoms with Crippen LogP contribution in [0.25, 0.3) is 16.6 Å². The molecule has 0 amide bonds. The van der Waals surface area contributed by atoms with Crippen LogP contribution in [0.3, 0.4) is 0 Å². The van der Waals surface area contributed by atoms with Gasteiger partial charge in [-0.15, -0.1) is 10.2 Å². The number of benzene rings is 2. The minimum absolute atomic E-state index is 0.164. The molecule has 152 valence electrons. The summed E-state index contributed by atoms with van der Waals surface area (Å²) < 4.78 is 17.2. The number of aromatic nitrogens is 5. The van der Waals surface area contributed by atoms with Gasteiger partial charge in [0.05, 0.1) is 22.3 Å². The van der Waals surface area contributed by atoms with Crippen LogP contribution < -0.4 is 5.56 Å². The van der Waals surface area contributed by atoms with Gasteiger partial charge in [0, 0.05) is 13.0 Å². The molecule has 8 heteroatoms. The quantitative estimate of drug-likeness (QED) is 0.464. The fourth-order valence-corrected chi connectivity index (χ4v) is 4.73. The molecule has 0 unspecified atom stereocenters. The number of nitrogens with zero attached hydrogens (tertiary/aromatic N) is 5. The Bertz CT molecular complexity index is 1260. The summed E-state index contributed by atoms with van der Waals surface area (Å²) in [6.07, 6.45) is 4.40. The highest BCUT2D eigenvalue weighted by molar-refractivity contribution is 7.98. The number of halogens is 1. The molecule has 4 aromatic rings. The lowest BCUT2D eigenvalue weighted by atomic mass is 10.2. The summed E-state index contributed by atoms with van der Waals surface area (Å²) in [6.45, 7) is 0.917. The van der Waals surface area contributed by atoms with Crippen molar-refractivity contribution in [2.24, 2.45) is 0 Å². The van der Waals surface area contributed by atoms with E-state index in [-0.39, 0.29) is 11.4 Å². The molecule has 0 fully saturated rings. The second kappa shape index (κ2) is 8.02. The molecule has 0 saturated heterocycles. The topological polar surface area (TPSA) is 65.6 Å². The molecule has 0 bridgehead atoms. The van der Waals surface area contributed by atoms with Gasteiger partial charge in [-0.2, -0.15) is 0 Å². The Morgan fingerprint density at radius 2 is 1.83 bits per heavy atom. The molecule has 2 aromatic carbocycles. The lowest BCUT2D eigenvalue weighted by molar-refractivity contribution is 0.590. The summed E-state index contributed by atoms with van der Waals surface area (Å²) in [4.78, 5) is 18.0. The first-order valence-electron chi connectivity index (χ1n) is 10.0. The maximum atomic E-state index is 13.5. The lowest BCUT2D eigenvalue weighted by Gasteiger charge is -2.14. The molecule has 0 saturated carbocycles. The number of fused-ring (bicyclic) bond motifs is 2. The van der Waals surface area contributed by atoms with Crippen LogP contribution in [0.5, 0.6) is 0 Å². The highest BCUT2D eigenvalue weighted by atomic mass is 32.2. The predicted molar refractivity (Wildman–Crippen MR) is 114 cm³/mol. The van der Waals surface area contributed by atoms with Crippen LogP contribution in [0.2, 0.25) is 0 Å². The standard InChI is InChI=1S/C22H20FN5OS/c23-15-9-11-16(12-10-15)28-20(24-18-7-4-3-6-17(18)21(28)29)14-30-22-26-25-19-8-2-1-5-13-27(19)22/h3-4,6-7,9-12H,1-2,5,8,13-14H2. The van der Waals surface area contributed by atoms with Gasteiger partial charge in [-0.3, -0.25) is 9.36 Å². The van der Waals surface area contributed by atoms with Crippen molar-refractivity contribution in [3.63, 3.8) is 0 Å². The minimum atomic E-state index is -0.345. The van der Waals surface area contributed by atoms with Crippen LogP contribution >= 0.6 is 11.8 Å². The van der Waals surface area contributed by atoms with Crippen LogP contribution in [-0.2, 0) is 18.7 Å². The second-order valence-electron chi connectivity index (χ2n) is 7.31. The average molecular weight is 422 g/mol.